The van der Waals surface area contributed by atoms with Crippen LogP contribution >= 0.6 is 23.4 Å². The normalized spacial score (nSPS) is 10.3. The molecule has 0 saturated heterocycles. The number of anilines is 1. The van der Waals surface area contributed by atoms with E-state index in [-0.39, 0.29) is 5.91 Å². The van der Waals surface area contributed by atoms with E-state index in [4.69, 9.17) is 16.3 Å². The minimum absolute atomic E-state index is 0.186. The molecule has 22 heavy (non-hydrogen) atoms. The van der Waals surface area contributed by atoms with Crippen molar-refractivity contribution in [2.45, 2.75) is 18.7 Å². The molecule has 0 aliphatic rings. The van der Waals surface area contributed by atoms with Crippen molar-refractivity contribution < 1.29 is 9.53 Å². The lowest BCUT2D eigenvalue weighted by atomic mass is 10.2. The molecule has 0 bridgehead atoms. The maximum atomic E-state index is 12.4. The fraction of sp³-hybridized carbons (Fsp3) is 0.235. The van der Waals surface area contributed by atoms with Crippen LogP contribution in [-0.4, -0.2) is 18.3 Å². The molecule has 1 amide bonds. The summed E-state index contributed by atoms with van der Waals surface area (Å²) < 4.78 is 5.37. The van der Waals surface area contributed by atoms with E-state index >= 15 is 0 Å². The molecule has 0 radical (unpaired) electrons. The van der Waals surface area contributed by atoms with E-state index in [1.165, 1.54) is 0 Å². The number of thioether (sulfide) groups is 1. The summed E-state index contributed by atoms with van der Waals surface area (Å²) in [5.41, 5.74) is 1.31. The van der Waals surface area contributed by atoms with Crippen LogP contribution in [0.4, 0.5) is 5.69 Å². The SMILES string of the molecule is CCOc1ccc(C(=O)Nc2ccccc2SCC)cc1Cl. The van der Waals surface area contributed by atoms with Crippen LogP contribution in [0.25, 0.3) is 0 Å². The molecule has 0 aliphatic carbocycles. The van der Waals surface area contributed by atoms with Crippen LogP contribution in [0.1, 0.15) is 24.2 Å². The standard InChI is InChI=1S/C17H18ClNO2S/c1-3-21-15-10-9-12(11-13(15)18)17(20)19-14-7-5-6-8-16(14)22-4-2/h5-11H,3-4H2,1-2H3,(H,19,20). The molecule has 0 spiro atoms. The first-order chi connectivity index (χ1) is 10.7. The highest BCUT2D eigenvalue weighted by molar-refractivity contribution is 7.99. The lowest BCUT2D eigenvalue weighted by molar-refractivity contribution is 0.102. The van der Waals surface area contributed by atoms with Gasteiger partial charge in [-0.3, -0.25) is 4.79 Å². The van der Waals surface area contributed by atoms with E-state index in [1.807, 2.05) is 31.2 Å². The predicted molar refractivity (Wildman–Crippen MR) is 93.4 cm³/mol. The van der Waals surface area contributed by atoms with Crippen LogP contribution in [0.15, 0.2) is 47.4 Å². The van der Waals surface area contributed by atoms with Crippen molar-refractivity contribution in [3.05, 3.63) is 53.1 Å². The number of amides is 1. The topological polar surface area (TPSA) is 38.3 Å². The predicted octanol–water partition coefficient (Wildman–Crippen LogP) is 5.10. The van der Waals surface area contributed by atoms with Crippen molar-refractivity contribution in [1.29, 1.82) is 0 Å². The number of benzene rings is 2. The van der Waals surface area contributed by atoms with E-state index in [1.54, 1.807) is 30.0 Å². The van der Waals surface area contributed by atoms with E-state index in [0.717, 1.165) is 16.3 Å². The lowest BCUT2D eigenvalue weighted by Crippen LogP contribution is -2.12. The minimum atomic E-state index is -0.186. The molecule has 5 heteroatoms. The molecule has 3 nitrogen and oxygen atoms in total. The molecule has 2 rings (SSSR count). The molecule has 0 atom stereocenters. The summed E-state index contributed by atoms with van der Waals surface area (Å²) in [5.74, 6) is 1.35. The van der Waals surface area contributed by atoms with Gasteiger partial charge in [-0.25, -0.2) is 0 Å². The molecule has 0 heterocycles. The van der Waals surface area contributed by atoms with Crippen LogP contribution in [-0.2, 0) is 0 Å². The first-order valence-corrected chi connectivity index (χ1v) is 8.47. The van der Waals surface area contributed by atoms with Gasteiger partial charge in [0.25, 0.3) is 5.91 Å². The maximum Gasteiger partial charge on any atom is 0.255 e. The molecule has 2 aromatic carbocycles. The zero-order valence-electron chi connectivity index (χ0n) is 12.6. The van der Waals surface area contributed by atoms with Gasteiger partial charge in [0.1, 0.15) is 5.75 Å². The quantitative estimate of drug-likeness (QED) is 0.746. The second-order valence-corrected chi connectivity index (χ2v) is 6.17. The monoisotopic (exact) mass is 335 g/mol. The minimum Gasteiger partial charge on any atom is -0.492 e. The Balaban J connectivity index is 2.17. The summed E-state index contributed by atoms with van der Waals surface area (Å²) in [7, 11) is 0. The number of ether oxygens (including phenoxy) is 1. The first-order valence-electron chi connectivity index (χ1n) is 7.11. The number of halogens is 1. The third kappa shape index (κ3) is 4.18. The Morgan fingerprint density at radius 1 is 1.23 bits per heavy atom. The molecule has 0 saturated carbocycles. The van der Waals surface area contributed by atoms with Crippen LogP contribution in [0.2, 0.25) is 5.02 Å². The number of carbonyl (C=O) groups is 1. The van der Waals surface area contributed by atoms with Crippen LogP contribution in [0.3, 0.4) is 0 Å². The molecule has 0 aliphatic heterocycles. The summed E-state index contributed by atoms with van der Waals surface area (Å²) in [4.78, 5) is 13.4. The van der Waals surface area contributed by atoms with E-state index < -0.39 is 0 Å². The van der Waals surface area contributed by atoms with Crippen molar-refractivity contribution in [2.24, 2.45) is 0 Å². The van der Waals surface area contributed by atoms with E-state index in [9.17, 15) is 4.79 Å². The Hall–Kier alpha value is -1.65. The van der Waals surface area contributed by atoms with Crippen molar-refractivity contribution in [3.63, 3.8) is 0 Å². The van der Waals surface area contributed by atoms with Gasteiger partial charge < -0.3 is 10.1 Å². The Bertz CT molecular complexity index is 661. The first kappa shape index (κ1) is 16.7. The largest absolute Gasteiger partial charge is 0.492 e. The van der Waals surface area contributed by atoms with Gasteiger partial charge >= 0.3 is 0 Å². The van der Waals surface area contributed by atoms with Gasteiger partial charge in [0.15, 0.2) is 0 Å². The Morgan fingerprint density at radius 2 is 2.00 bits per heavy atom. The zero-order chi connectivity index (χ0) is 15.9. The Labute approximate surface area is 140 Å². The molecular weight excluding hydrogens is 318 g/mol. The van der Waals surface area contributed by atoms with Crippen molar-refractivity contribution >= 4 is 35.0 Å². The molecular formula is C17H18ClNO2S. The van der Waals surface area contributed by atoms with Crippen molar-refractivity contribution in [3.8, 4) is 5.75 Å². The molecule has 0 aromatic heterocycles. The third-order valence-corrected chi connectivity index (χ3v) is 4.18. The van der Waals surface area contributed by atoms with Gasteiger partial charge in [0.05, 0.1) is 17.3 Å². The number of hydrogen-bond donors (Lipinski definition) is 1. The average Bonchev–Trinajstić information content (AvgIpc) is 2.51. The van der Waals surface area contributed by atoms with Gasteiger partial charge in [0, 0.05) is 10.5 Å². The molecule has 1 N–H and O–H groups in total. The number of carbonyl (C=O) groups excluding carboxylic acids is 1. The summed E-state index contributed by atoms with van der Waals surface area (Å²) in [6.45, 7) is 4.50. The fourth-order valence-electron chi connectivity index (χ4n) is 1.96. The summed E-state index contributed by atoms with van der Waals surface area (Å²) in [5, 5.41) is 3.37. The van der Waals surface area contributed by atoms with E-state index in [0.29, 0.717) is 22.9 Å². The molecule has 0 fully saturated rings. The van der Waals surface area contributed by atoms with Gasteiger partial charge in [-0.1, -0.05) is 30.7 Å². The van der Waals surface area contributed by atoms with Gasteiger partial charge in [-0.15, -0.1) is 11.8 Å². The summed E-state index contributed by atoms with van der Waals surface area (Å²) >= 11 is 7.82. The Morgan fingerprint density at radius 3 is 2.68 bits per heavy atom. The molecule has 0 unspecified atom stereocenters. The maximum absolute atomic E-state index is 12.4. The number of rotatable bonds is 6. The van der Waals surface area contributed by atoms with Crippen molar-refractivity contribution in [2.75, 3.05) is 17.7 Å². The third-order valence-electron chi connectivity index (χ3n) is 2.93. The Kier molecular flexibility index (Phi) is 6.16. The average molecular weight is 336 g/mol. The highest BCUT2D eigenvalue weighted by Gasteiger charge is 2.11. The second-order valence-electron chi connectivity index (χ2n) is 4.46. The zero-order valence-corrected chi connectivity index (χ0v) is 14.1. The van der Waals surface area contributed by atoms with Gasteiger partial charge in [-0.05, 0) is 43.0 Å². The number of para-hydroxylation sites is 1. The summed E-state index contributed by atoms with van der Waals surface area (Å²) in [6, 6.07) is 12.8. The van der Waals surface area contributed by atoms with Crippen molar-refractivity contribution in [1.82, 2.24) is 0 Å². The number of nitrogens with one attached hydrogen (secondary N) is 1. The number of hydrogen-bond acceptors (Lipinski definition) is 3. The van der Waals surface area contributed by atoms with Crippen LogP contribution < -0.4 is 10.1 Å². The van der Waals surface area contributed by atoms with Crippen LogP contribution in [0.5, 0.6) is 5.75 Å². The smallest absolute Gasteiger partial charge is 0.255 e. The van der Waals surface area contributed by atoms with Gasteiger partial charge in [-0.2, -0.15) is 0 Å². The fourth-order valence-corrected chi connectivity index (χ4v) is 2.96. The highest BCUT2D eigenvalue weighted by atomic mass is 35.5. The van der Waals surface area contributed by atoms with Gasteiger partial charge in [0.2, 0.25) is 0 Å². The van der Waals surface area contributed by atoms with E-state index in [2.05, 4.69) is 12.2 Å². The second kappa shape index (κ2) is 8.11. The summed E-state index contributed by atoms with van der Waals surface area (Å²) in [6.07, 6.45) is 0. The lowest BCUT2D eigenvalue weighted by Gasteiger charge is -2.11. The van der Waals surface area contributed by atoms with Crippen LogP contribution in [0, 0.1) is 0 Å². The molecule has 2 aromatic rings. The molecule has 116 valence electrons. The highest BCUT2D eigenvalue weighted by Crippen LogP contribution is 2.28.